The molecule has 2 amide bonds. The molecule has 1 aliphatic heterocycles. The maximum atomic E-state index is 12.7. The predicted octanol–water partition coefficient (Wildman–Crippen LogP) is 4.79. The van der Waals surface area contributed by atoms with Gasteiger partial charge < -0.3 is 20.9 Å². The molecule has 0 bridgehead atoms. The van der Waals surface area contributed by atoms with Gasteiger partial charge in [0, 0.05) is 25.2 Å². The van der Waals surface area contributed by atoms with Crippen molar-refractivity contribution in [3.8, 4) is 0 Å². The van der Waals surface area contributed by atoms with E-state index < -0.39 is 0 Å². The van der Waals surface area contributed by atoms with Crippen LogP contribution in [0.2, 0.25) is 5.02 Å². The van der Waals surface area contributed by atoms with Gasteiger partial charge in [0.2, 0.25) is 5.91 Å². The molecule has 3 N–H and O–H groups in total. The first-order valence-corrected chi connectivity index (χ1v) is 12.3. The topological polar surface area (TPSA) is 112 Å². The van der Waals surface area contributed by atoms with Gasteiger partial charge in [0.15, 0.2) is 5.13 Å². The molecular weight excluding hydrogens is 486 g/mol. The molecule has 0 spiro atoms. The van der Waals surface area contributed by atoms with Gasteiger partial charge >= 0.3 is 0 Å². The third-order valence-corrected chi connectivity index (χ3v) is 6.65. The number of rotatable bonds is 7. The summed E-state index contributed by atoms with van der Waals surface area (Å²) in [4.78, 5) is 40.2. The van der Waals surface area contributed by atoms with Crippen molar-refractivity contribution >= 4 is 57.2 Å². The predicted molar refractivity (Wildman–Crippen MR) is 140 cm³/mol. The van der Waals surface area contributed by atoms with Gasteiger partial charge in [-0.2, -0.15) is 0 Å². The Kier molecular flexibility index (Phi) is 7.62. The molecule has 0 saturated carbocycles. The van der Waals surface area contributed by atoms with Crippen molar-refractivity contribution in [2.45, 2.75) is 33.2 Å². The van der Waals surface area contributed by atoms with Gasteiger partial charge in [0.05, 0.1) is 16.9 Å². The van der Waals surface area contributed by atoms with Crippen molar-refractivity contribution in [2.75, 3.05) is 29.0 Å². The van der Waals surface area contributed by atoms with Gasteiger partial charge in [-0.25, -0.2) is 15.0 Å². The van der Waals surface area contributed by atoms with Crippen LogP contribution in [0.1, 0.15) is 34.4 Å². The molecule has 1 unspecified atom stereocenters. The number of halogens is 1. The summed E-state index contributed by atoms with van der Waals surface area (Å²) in [5, 5.41) is 10.4. The number of para-hydroxylation sites is 1. The zero-order valence-electron chi connectivity index (χ0n) is 19.6. The molecule has 3 heterocycles. The Morgan fingerprint density at radius 3 is 2.80 bits per heavy atom. The van der Waals surface area contributed by atoms with Crippen LogP contribution in [0, 0.1) is 13.8 Å². The van der Waals surface area contributed by atoms with Gasteiger partial charge in [-0.15, -0.1) is 0 Å². The van der Waals surface area contributed by atoms with Crippen molar-refractivity contribution in [1.29, 1.82) is 0 Å². The minimum Gasteiger partial charge on any atom is -0.365 e. The lowest BCUT2D eigenvalue weighted by molar-refractivity contribution is -0.125. The Balaban J connectivity index is 1.40. The lowest BCUT2D eigenvalue weighted by Crippen LogP contribution is -2.30. The minimum atomic E-state index is -0.286. The Hall–Kier alpha value is -3.50. The zero-order chi connectivity index (χ0) is 24.9. The fourth-order valence-electron chi connectivity index (χ4n) is 3.75. The number of hydrogen-bond donors (Lipinski definition) is 3. The van der Waals surface area contributed by atoms with Crippen LogP contribution in [-0.2, 0) is 4.79 Å². The number of anilines is 4. The number of aryl methyl sites for hydroxylation is 2. The van der Waals surface area contributed by atoms with Crippen LogP contribution < -0.4 is 16.0 Å². The highest BCUT2D eigenvalue weighted by molar-refractivity contribution is 7.17. The Morgan fingerprint density at radius 1 is 1.23 bits per heavy atom. The van der Waals surface area contributed by atoms with E-state index in [1.807, 2.05) is 30.9 Å². The molecule has 4 rings (SSSR count). The van der Waals surface area contributed by atoms with E-state index in [0.717, 1.165) is 12.0 Å². The molecule has 2 aromatic heterocycles. The SMILES string of the molecule is CC=CC(=O)N1CCC(Nc2cc(Nc3ncc(C(=O)Nc4c(C)cccc4Cl)s3)nc(C)n2)C1. The van der Waals surface area contributed by atoms with Crippen LogP contribution in [-0.4, -0.2) is 50.8 Å². The smallest absolute Gasteiger partial charge is 0.267 e. The molecule has 0 radical (unpaired) electrons. The third-order valence-electron chi connectivity index (χ3n) is 5.42. The highest BCUT2D eigenvalue weighted by atomic mass is 35.5. The second-order valence-corrected chi connectivity index (χ2v) is 9.58. The van der Waals surface area contributed by atoms with E-state index in [2.05, 4.69) is 30.9 Å². The molecule has 11 heteroatoms. The summed E-state index contributed by atoms with van der Waals surface area (Å²) >= 11 is 7.43. The maximum Gasteiger partial charge on any atom is 0.267 e. The monoisotopic (exact) mass is 511 g/mol. The number of carbonyl (C=O) groups is 2. The second kappa shape index (κ2) is 10.8. The number of carbonyl (C=O) groups excluding carboxylic acids is 2. The van der Waals surface area contributed by atoms with Gasteiger partial charge in [0.1, 0.15) is 22.3 Å². The van der Waals surface area contributed by atoms with Crippen LogP contribution in [0.25, 0.3) is 0 Å². The summed E-state index contributed by atoms with van der Waals surface area (Å²) in [5.41, 5.74) is 1.46. The fraction of sp³-hybridized carbons (Fsp3) is 0.292. The average Bonchev–Trinajstić information content (AvgIpc) is 3.46. The lowest BCUT2D eigenvalue weighted by Gasteiger charge is -2.16. The molecule has 35 heavy (non-hydrogen) atoms. The number of thiazole rings is 1. The van der Waals surface area contributed by atoms with E-state index in [9.17, 15) is 9.59 Å². The molecule has 1 aliphatic rings. The molecule has 3 aromatic rings. The Morgan fingerprint density at radius 2 is 2.03 bits per heavy atom. The molecule has 1 saturated heterocycles. The van der Waals surface area contributed by atoms with Gasteiger partial charge in [0.25, 0.3) is 5.91 Å². The van der Waals surface area contributed by atoms with Crippen LogP contribution in [0.3, 0.4) is 0 Å². The summed E-state index contributed by atoms with van der Waals surface area (Å²) < 4.78 is 0. The summed E-state index contributed by atoms with van der Waals surface area (Å²) in [6.45, 7) is 6.84. The minimum absolute atomic E-state index is 0.0198. The molecule has 182 valence electrons. The van der Waals surface area contributed by atoms with Gasteiger partial charge in [-0.05, 0) is 44.9 Å². The number of nitrogens with one attached hydrogen (secondary N) is 3. The number of aromatic nitrogens is 3. The number of likely N-dealkylation sites (tertiary alicyclic amines) is 1. The first-order valence-electron chi connectivity index (χ1n) is 11.2. The summed E-state index contributed by atoms with van der Waals surface area (Å²) in [6.07, 6.45) is 5.68. The van der Waals surface area contributed by atoms with Crippen molar-refractivity contribution in [1.82, 2.24) is 19.9 Å². The number of benzene rings is 1. The summed E-state index contributed by atoms with van der Waals surface area (Å²) in [7, 11) is 0. The highest BCUT2D eigenvalue weighted by Gasteiger charge is 2.25. The lowest BCUT2D eigenvalue weighted by atomic mass is 10.2. The zero-order valence-corrected chi connectivity index (χ0v) is 21.2. The van der Waals surface area contributed by atoms with E-state index in [1.54, 1.807) is 31.2 Å². The van der Waals surface area contributed by atoms with E-state index in [-0.39, 0.29) is 17.9 Å². The standard InChI is InChI=1S/C24H26ClN7O2S/c1-4-6-21(33)32-10-9-16(13-32)29-19-11-20(28-15(3)27-19)30-24-26-12-18(35-24)23(34)31-22-14(2)7-5-8-17(22)25/h4-8,11-12,16H,9-10,13H2,1-3H3,(H,31,34)(H2,26,27,28,29,30). The molecule has 9 nitrogen and oxygen atoms in total. The second-order valence-electron chi connectivity index (χ2n) is 8.14. The third kappa shape index (κ3) is 6.14. The summed E-state index contributed by atoms with van der Waals surface area (Å²) in [6, 6.07) is 7.34. The van der Waals surface area contributed by atoms with Crippen molar-refractivity contribution in [2.24, 2.45) is 0 Å². The maximum absolute atomic E-state index is 12.7. The van der Waals surface area contributed by atoms with E-state index >= 15 is 0 Å². The average molecular weight is 512 g/mol. The van der Waals surface area contributed by atoms with E-state index in [4.69, 9.17) is 11.6 Å². The van der Waals surface area contributed by atoms with Gasteiger partial charge in [-0.1, -0.05) is 41.1 Å². The normalized spacial score (nSPS) is 15.4. The molecule has 1 aromatic carbocycles. The quantitative estimate of drug-likeness (QED) is 0.391. The number of amides is 2. The molecule has 0 aliphatic carbocycles. The highest BCUT2D eigenvalue weighted by Crippen LogP contribution is 2.28. The number of allylic oxidation sites excluding steroid dienone is 1. The van der Waals surface area contributed by atoms with Crippen LogP contribution in [0.15, 0.2) is 42.6 Å². The first kappa shape index (κ1) is 24.6. The Labute approximate surface area is 212 Å². The van der Waals surface area contributed by atoms with Crippen molar-refractivity contribution in [3.63, 3.8) is 0 Å². The Bertz CT molecular complexity index is 1260. The largest absolute Gasteiger partial charge is 0.365 e. The molecule has 1 atom stereocenters. The molecule has 1 fully saturated rings. The summed E-state index contributed by atoms with van der Waals surface area (Å²) in [5.74, 6) is 1.54. The molecular formula is C24H26ClN7O2S. The van der Waals surface area contributed by atoms with Crippen molar-refractivity contribution in [3.05, 3.63) is 63.9 Å². The van der Waals surface area contributed by atoms with E-state index in [1.165, 1.54) is 17.5 Å². The van der Waals surface area contributed by atoms with Crippen molar-refractivity contribution < 1.29 is 9.59 Å². The van der Waals surface area contributed by atoms with Crippen LogP contribution in [0.4, 0.5) is 22.5 Å². The first-order chi connectivity index (χ1) is 16.8. The van der Waals surface area contributed by atoms with Crippen LogP contribution in [0.5, 0.6) is 0 Å². The fourth-order valence-corrected chi connectivity index (χ4v) is 4.74. The van der Waals surface area contributed by atoms with E-state index in [0.29, 0.717) is 51.3 Å². The number of nitrogens with zero attached hydrogens (tertiary/aromatic N) is 4. The van der Waals surface area contributed by atoms with Crippen LogP contribution >= 0.6 is 22.9 Å². The van der Waals surface area contributed by atoms with Gasteiger partial charge in [-0.3, -0.25) is 9.59 Å². The number of hydrogen-bond acceptors (Lipinski definition) is 8.